The van der Waals surface area contributed by atoms with Crippen molar-refractivity contribution in [1.82, 2.24) is 19.5 Å². The van der Waals surface area contributed by atoms with Crippen molar-refractivity contribution in [3.8, 4) is 6.01 Å². The van der Waals surface area contributed by atoms with Gasteiger partial charge in [-0.1, -0.05) is 12.1 Å². The van der Waals surface area contributed by atoms with Crippen LogP contribution in [-0.2, 0) is 11.8 Å². The minimum atomic E-state index is -0.214. The molecule has 3 atom stereocenters. The SMILES string of the molecule is COCCOc1nc(NC(C)/N=C(/C)N)cc([C@@H]2C[C@H]2c2nc3ccccc3n2C)n1. The molecule has 1 aliphatic rings. The largest absolute Gasteiger partial charge is 0.461 e. The summed E-state index contributed by atoms with van der Waals surface area (Å²) >= 11 is 0. The second-order valence-corrected chi connectivity index (χ2v) is 7.86. The average Bonchev–Trinajstić information content (AvgIpc) is 3.45. The molecule has 0 saturated heterocycles. The molecule has 3 N–H and O–H groups in total. The van der Waals surface area contributed by atoms with Crippen molar-refractivity contribution in [2.75, 3.05) is 25.6 Å². The molecule has 2 heterocycles. The Morgan fingerprint density at radius 3 is 2.81 bits per heavy atom. The van der Waals surface area contributed by atoms with Crippen molar-refractivity contribution in [1.29, 1.82) is 0 Å². The summed E-state index contributed by atoms with van der Waals surface area (Å²) < 4.78 is 13.0. The lowest BCUT2D eigenvalue weighted by molar-refractivity contribution is 0.140. The van der Waals surface area contributed by atoms with Crippen LogP contribution in [0.3, 0.4) is 0 Å². The Morgan fingerprint density at radius 2 is 2.06 bits per heavy atom. The number of hydrogen-bond acceptors (Lipinski definition) is 7. The number of aromatic nitrogens is 4. The first-order valence-electron chi connectivity index (χ1n) is 10.4. The Labute approximate surface area is 181 Å². The number of methoxy groups -OCH3 is 1. The molecule has 0 spiro atoms. The molecule has 1 fully saturated rings. The average molecular weight is 424 g/mol. The summed E-state index contributed by atoms with van der Waals surface area (Å²) in [6.45, 7) is 4.53. The quantitative estimate of drug-likeness (QED) is 0.309. The molecule has 0 amide bonds. The van der Waals surface area contributed by atoms with E-state index in [2.05, 4.69) is 38.0 Å². The van der Waals surface area contributed by atoms with Crippen LogP contribution in [0.2, 0.25) is 0 Å². The summed E-state index contributed by atoms with van der Waals surface area (Å²) in [5.74, 6) is 2.83. The van der Waals surface area contributed by atoms with Crippen LogP contribution in [0.1, 0.15) is 43.6 Å². The third kappa shape index (κ3) is 4.77. The van der Waals surface area contributed by atoms with Gasteiger partial charge in [-0.25, -0.2) is 9.98 Å². The molecule has 9 heteroatoms. The Morgan fingerprint density at radius 1 is 1.26 bits per heavy atom. The zero-order valence-electron chi connectivity index (χ0n) is 18.4. The lowest BCUT2D eigenvalue weighted by Crippen LogP contribution is -2.19. The van der Waals surface area contributed by atoms with Gasteiger partial charge < -0.3 is 25.1 Å². The molecule has 1 unspecified atom stereocenters. The number of nitrogens with zero attached hydrogens (tertiary/aromatic N) is 5. The van der Waals surface area contributed by atoms with Crippen LogP contribution >= 0.6 is 0 Å². The second-order valence-electron chi connectivity index (χ2n) is 7.86. The molecule has 3 aromatic rings. The number of hydrogen-bond donors (Lipinski definition) is 2. The summed E-state index contributed by atoms with van der Waals surface area (Å²) in [6, 6.07) is 10.5. The topological polar surface area (TPSA) is 112 Å². The molecular formula is C22H29N7O2. The molecule has 0 aliphatic heterocycles. The summed E-state index contributed by atoms with van der Waals surface area (Å²) in [4.78, 5) is 18.3. The van der Waals surface area contributed by atoms with Gasteiger partial charge in [0.05, 0.1) is 29.2 Å². The number of para-hydroxylation sites is 2. The number of nitrogens with one attached hydrogen (secondary N) is 1. The van der Waals surface area contributed by atoms with Crippen molar-refractivity contribution < 1.29 is 9.47 Å². The van der Waals surface area contributed by atoms with E-state index in [0.717, 1.165) is 29.0 Å². The number of aliphatic imine (C=N–C) groups is 1. The van der Waals surface area contributed by atoms with E-state index in [1.807, 2.05) is 31.2 Å². The normalized spacial score (nSPS) is 19.4. The van der Waals surface area contributed by atoms with Crippen molar-refractivity contribution in [3.63, 3.8) is 0 Å². The van der Waals surface area contributed by atoms with Gasteiger partial charge in [-0.05, 0) is 32.4 Å². The number of ether oxygens (including phenoxy) is 2. The molecule has 0 bridgehead atoms. The van der Waals surface area contributed by atoms with Gasteiger partial charge in [-0.15, -0.1) is 0 Å². The van der Waals surface area contributed by atoms with Crippen LogP contribution in [0.15, 0.2) is 35.3 Å². The molecule has 0 radical (unpaired) electrons. The number of nitrogens with two attached hydrogens (primary N) is 1. The zero-order valence-corrected chi connectivity index (χ0v) is 18.4. The Balaban J connectivity index is 1.59. The highest BCUT2D eigenvalue weighted by molar-refractivity contribution is 5.77. The molecule has 1 aliphatic carbocycles. The van der Waals surface area contributed by atoms with Crippen molar-refractivity contribution in [2.45, 2.75) is 38.3 Å². The minimum Gasteiger partial charge on any atom is -0.461 e. The first-order chi connectivity index (χ1) is 15.0. The smallest absolute Gasteiger partial charge is 0.318 e. The third-order valence-electron chi connectivity index (χ3n) is 5.32. The summed E-state index contributed by atoms with van der Waals surface area (Å²) in [6.07, 6.45) is 0.773. The first kappa shape index (κ1) is 21.0. The van der Waals surface area contributed by atoms with Gasteiger partial charge in [0.1, 0.15) is 24.4 Å². The van der Waals surface area contributed by atoms with Gasteiger partial charge in [-0.3, -0.25) is 0 Å². The Bertz CT molecular complexity index is 1090. The number of imidazole rings is 1. The van der Waals surface area contributed by atoms with E-state index in [-0.39, 0.29) is 12.1 Å². The highest BCUT2D eigenvalue weighted by Crippen LogP contribution is 2.54. The van der Waals surface area contributed by atoms with Gasteiger partial charge in [-0.2, -0.15) is 9.97 Å². The summed E-state index contributed by atoms with van der Waals surface area (Å²) in [5, 5.41) is 3.26. The van der Waals surface area contributed by atoms with E-state index < -0.39 is 0 Å². The third-order valence-corrected chi connectivity index (χ3v) is 5.32. The van der Waals surface area contributed by atoms with Crippen LogP contribution < -0.4 is 15.8 Å². The number of aryl methyl sites for hydroxylation is 1. The van der Waals surface area contributed by atoms with E-state index in [1.54, 1.807) is 14.0 Å². The molecular weight excluding hydrogens is 394 g/mol. The van der Waals surface area contributed by atoms with Gasteiger partial charge in [0, 0.05) is 32.1 Å². The fourth-order valence-electron chi connectivity index (χ4n) is 3.84. The molecule has 4 rings (SSSR count). The van der Waals surface area contributed by atoms with Gasteiger partial charge in [0.15, 0.2) is 0 Å². The number of anilines is 1. The minimum absolute atomic E-state index is 0.214. The molecule has 164 valence electrons. The number of fused-ring (bicyclic) bond motifs is 1. The van der Waals surface area contributed by atoms with E-state index in [9.17, 15) is 0 Å². The van der Waals surface area contributed by atoms with Gasteiger partial charge in [0.2, 0.25) is 0 Å². The van der Waals surface area contributed by atoms with Crippen LogP contribution in [0.25, 0.3) is 11.0 Å². The molecule has 1 aromatic carbocycles. The molecule has 2 aromatic heterocycles. The zero-order chi connectivity index (χ0) is 22.0. The van der Waals surface area contributed by atoms with E-state index in [1.165, 1.54) is 0 Å². The van der Waals surface area contributed by atoms with Crippen LogP contribution in [-0.4, -0.2) is 51.8 Å². The van der Waals surface area contributed by atoms with Crippen LogP contribution in [0.5, 0.6) is 6.01 Å². The fraction of sp³-hybridized carbons (Fsp3) is 0.455. The summed E-state index contributed by atoms with van der Waals surface area (Å²) in [5.41, 5.74) is 8.79. The van der Waals surface area contributed by atoms with Crippen LogP contribution in [0.4, 0.5) is 5.82 Å². The van der Waals surface area contributed by atoms with E-state index in [0.29, 0.717) is 36.8 Å². The standard InChI is InChI=1S/C22H29N7O2/c1-13(23)24-14(2)25-20-12-18(27-22(28-20)31-10-9-30-4)15-11-16(15)21-26-17-7-5-6-8-19(17)29(21)3/h5-8,12,14-16H,9-11H2,1-4H3,(H2,23,24)(H,25,27,28)/t14?,15-,16-/m1/s1. The Kier molecular flexibility index (Phi) is 6.03. The van der Waals surface area contributed by atoms with Crippen molar-refractivity contribution in [2.24, 2.45) is 17.8 Å². The van der Waals surface area contributed by atoms with E-state index >= 15 is 0 Å². The van der Waals surface area contributed by atoms with Crippen molar-refractivity contribution >= 4 is 22.7 Å². The molecule has 1 saturated carbocycles. The highest BCUT2D eigenvalue weighted by atomic mass is 16.5. The maximum atomic E-state index is 5.71. The fourth-order valence-corrected chi connectivity index (χ4v) is 3.84. The predicted octanol–water partition coefficient (Wildman–Crippen LogP) is 2.79. The highest BCUT2D eigenvalue weighted by Gasteiger charge is 2.44. The first-order valence-corrected chi connectivity index (χ1v) is 10.4. The molecule has 9 nitrogen and oxygen atoms in total. The molecule has 31 heavy (non-hydrogen) atoms. The van der Waals surface area contributed by atoms with Crippen molar-refractivity contribution in [3.05, 3.63) is 41.9 Å². The number of amidine groups is 1. The Hall–Kier alpha value is -3.20. The number of benzene rings is 1. The second kappa shape index (κ2) is 8.89. The number of rotatable bonds is 9. The maximum Gasteiger partial charge on any atom is 0.318 e. The van der Waals surface area contributed by atoms with E-state index in [4.69, 9.17) is 20.2 Å². The van der Waals surface area contributed by atoms with Gasteiger partial charge in [0.25, 0.3) is 0 Å². The van der Waals surface area contributed by atoms with Gasteiger partial charge >= 0.3 is 6.01 Å². The lowest BCUT2D eigenvalue weighted by Gasteiger charge is -2.13. The van der Waals surface area contributed by atoms with Crippen LogP contribution in [0, 0.1) is 0 Å². The lowest BCUT2D eigenvalue weighted by atomic mass is 10.2. The predicted molar refractivity (Wildman–Crippen MR) is 121 cm³/mol. The summed E-state index contributed by atoms with van der Waals surface area (Å²) in [7, 11) is 3.70. The maximum absolute atomic E-state index is 5.71. The monoisotopic (exact) mass is 423 g/mol.